The second kappa shape index (κ2) is 10.9. The molecule has 12 heteroatoms. The largest absolute Gasteiger partial charge is 0.503 e. The first-order chi connectivity index (χ1) is 17.1. The van der Waals surface area contributed by atoms with Crippen molar-refractivity contribution in [2.45, 2.75) is 4.90 Å². The molecule has 3 rings (SSSR count). The third-order valence-corrected chi connectivity index (χ3v) is 6.46. The zero-order chi connectivity index (χ0) is 26.5. The minimum atomic E-state index is -4.17. The lowest BCUT2D eigenvalue weighted by Gasteiger charge is -2.14. The average Bonchev–Trinajstić information content (AvgIpc) is 2.88. The van der Waals surface area contributed by atoms with Crippen molar-refractivity contribution in [3.05, 3.63) is 69.8 Å². The second-order valence-corrected chi connectivity index (χ2v) is 8.95. The van der Waals surface area contributed by atoms with Gasteiger partial charge in [0.2, 0.25) is 5.75 Å². The van der Waals surface area contributed by atoms with Gasteiger partial charge in [-0.2, -0.15) is 0 Å². The van der Waals surface area contributed by atoms with Crippen LogP contribution < -0.4 is 23.7 Å². The van der Waals surface area contributed by atoms with Gasteiger partial charge in [-0.15, -0.1) is 0 Å². The van der Waals surface area contributed by atoms with Crippen LogP contribution in [0.1, 0.15) is 11.1 Å². The molecule has 0 aliphatic rings. The molecule has 0 saturated heterocycles. The lowest BCUT2D eigenvalue weighted by Crippen LogP contribution is -2.13. The molecule has 190 valence electrons. The number of aromatic hydroxyl groups is 1. The van der Waals surface area contributed by atoms with Crippen molar-refractivity contribution in [3.8, 4) is 28.7 Å². The number of anilines is 1. The fourth-order valence-electron chi connectivity index (χ4n) is 3.30. The molecule has 11 nitrogen and oxygen atoms in total. The van der Waals surface area contributed by atoms with Gasteiger partial charge in [0, 0.05) is 12.1 Å². The Labute approximate surface area is 207 Å². The van der Waals surface area contributed by atoms with Gasteiger partial charge in [-0.1, -0.05) is 12.2 Å². The standard InChI is InChI=1S/C24H24N2O9S/c1-32-20-12-15(5-6-16-13-21(33-2)24(35-4)22(14-16)34-3)11-19(23(20)27)25-36(30,31)18-9-7-17(8-10-18)26(28)29/h5-14,25,27H,1-4H3. The molecular weight excluding hydrogens is 492 g/mol. The molecule has 0 fully saturated rings. The Kier molecular flexibility index (Phi) is 7.90. The van der Waals surface area contributed by atoms with Crippen LogP contribution in [0.25, 0.3) is 12.2 Å². The van der Waals surface area contributed by atoms with Crippen molar-refractivity contribution >= 4 is 33.6 Å². The molecule has 3 aromatic carbocycles. The zero-order valence-electron chi connectivity index (χ0n) is 19.8. The monoisotopic (exact) mass is 516 g/mol. The van der Waals surface area contributed by atoms with E-state index in [1.165, 1.54) is 40.6 Å². The van der Waals surface area contributed by atoms with E-state index in [-0.39, 0.29) is 22.0 Å². The van der Waals surface area contributed by atoms with Gasteiger partial charge in [-0.25, -0.2) is 8.42 Å². The number of nitrogens with one attached hydrogen (secondary N) is 1. The van der Waals surface area contributed by atoms with Crippen LogP contribution in [0.4, 0.5) is 11.4 Å². The first-order valence-corrected chi connectivity index (χ1v) is 11.8. The van der Waals surface area contributed by atoms with Crippen LogP contribution in [-0.2, 0) is 10.0 Å². The number of phenols is 1. The topological polar surface area (TPSA) is 146 Å². The quantitative estimate of drug-likeness (QED) is 0.174. The molecule has 0 radical (unpaired) electrons. The third-order valence-electron chi connectivity index (χ3n) is 5.07. The summed E-state index contributed by atoms with van der Waals surface area (Å²) in [4.78, 5) is 9.99. The van der Waals surface area contributed by atoms with Gasteiger partial charge >= 0.3 is 0 Å². The number of ether oxygens (including phenoxy) is 4. The van der Waals surface area contributed by atoms with Crippen molar-refractivity contribution < 1.29 is 37.4 Å². The van der Waals surface area contributed by atoms with Crippen molar-refractivity contribution in [2.75, 3.05) is 33.2 Å². The maximum atomic E-state index is 12.8. The Balaban J connectivity index is 1.97. The molecule has 2 N–H and O–H groups in total. The molecule has 3 aromatic rings. The number of hydrogen-bond donors (Lipinski definition) is 2. The Morgan fingerprint density at radius 1 is 0.833 bits per heavy atom. The molecule has 0 unspecified atom stereocenters. The number of nitro benzene ring substituents is 1. The summed E-state index contributed by atoms with van der Waals surface area (Å²) in [6.45, 7) is 0. The Bertz CT molecular complexity index is 1380. The Hall–Kier alpha value is -4.45. The first kappa shape index (κ1) is 26.2. The van der Waals surface area contributed by atoms with Crippen LogP contribution in [0.5, 0.6) is 28.7 Å². The van der Waals surface area contributed by atoms with Gasteiger partial charge < -0.3 is 24.1 Å². The normalized spacial score (nSPS) is 11.2. The molecule has 0 aromatic heterocycles. The van der Waals surface area contributed by atoms with E-state index in [0.717, 1.165) is 24.3 Å². The predicted molar refractivity (Wildman–Crippen MR) is 134 cm³/mol. The summed E-state index contributed by atoms with van der Waals surface area (Å²) in [6, 6.07) is 10.7. The summed E-state index contributed by atoms with van der Waals surface area (Å²) in [5, 5.41) is 21.3. The number of sulfonamides is 1. The van der Waals surface area contributed by atoms with E-state index < -0.39 is 20.7 Å². The number of nitrogens with zero attached hydrogens (tertiary/aromatic N) is 1. The van der Waals surface area contributed by atoms with Crippen LogP contribution in [0.2, 0.25) is 0 Å². The summed E-state index contributed by atoms with van der Waals surface area (Å²) in [5.41, 5.74) is 0.805. The van der Waals surface area contributed by atoms with Crippen molar-refractivity contribution in [1.82, 2.24) is 0 Å². The van der Waals surface area contributed by atoms with E-state index >= 15 is 0 Å². The number of nitro groups is 1. The van der Waals surface area contributed by atoms with E-state index in [2.05, 4.69) is 4.72 Å². The minimum Gasteiger partial charge on any atom is -0.503 e. The summed E-state index contributed by atoms with van der Waals surface area (Å²) < 4.78 is 49.2. The number of benzene rings is 3. The average molecular weight is 517 g/mol. The van der Waals surface area contributed by atoms with Gasteiger partial charge in [0.25, 0.3) is 15.7 Å². The Morgan fingerprint density at radius 3 is 1.81 bits per heavy atom. The summed E-state index contributed by atoms with van der Waals surface area (Å²) in [6.07, 6.45) is 3.40. The van der Waals surface area contributed by atoms with Gasteiger partial charge in [-0.05, 0) is 47.5 Å². The molecule has 36 heavy (non-hydrogen) atoms. The molecule has 0 saturated carbocycles. The highest BCUT2D eigenvalue weighted by atomic mass is 32.2. The molecule has 0 atom stereocenters. The smallest absolute Gasteiger partial charge is 0.269 e. The number of non-ortho nitro benzene ring substituents is 1. The molecule has 0 amide bonds. The molecule has 0 aliphatic heterocycles. The van der Waals surface area contributed by atoms with E-state index in [4.69, 9.17) is 18.9 Å². The van der Waals surface area contributed by atoms with Crippen molar-refractivity contribution in [3.63, 3.8) is 0 Å². The van der Waals surface area contributed by atoms with E-state index in [1.807, 2.05) is 0 Å². The van der Waals surface area contributed by atoms with Crippen LogP contribution in [0.15, 0.2) is 53.4 Å². The zero-order valence-corrected chi connectivity index (χ0v) is 20.7. The van der Waals surface area contributed by atoms with Gasteiger partial charge in [0.05, 0.1) is 43.9 Å². The predicted octanol–water partition coefficient (Wildman–Crippen LogP) is 4.31. The molecule has 0 heterocycles. The van der Waals surface area contributed by atoms with E-state index in [9.17, 15) is 23.6 Å². The molecular formula is C24H24N2O9S. The molecule has 0 bridgehead atoms. The van der Waals surface area contributed by atoms with Crippen LogP contribution in [0.3, 0.4) is 0 Å². The second-order valence-electron chi connectivity index (χ2n) is 7.27. The first-order valence-electron chi connectivity index (χ1n) is 10.3. The van der Waals surface area contributed by atoms with Gasteiger partial charge in [0.1, 0.15) is 0 Å². The molecule has 0 spiro atoms. The lowest BCUT2D eigenvalue weighted by molar-refractivity contribution is -0.384. The fourth-order valence-corrected chi connectivity index (χ4v) is 4.36. The van der Waals surface area contributed by atoms with Gasteiger partial charge in [-0.3, -0.25) is 14.8 Å². The fraction of sp³-hybridized carbons (Fsp3) is 0.167. The third kappa shape index (κ3) is 5.61. The van der Waals surface area contributed by atoms with Gasteiger partial charge in [0.15, 0.2) is 23.0 Å². The van der Waals surface area contributed by atoms with Crippen LogP contribution in [0, 0.1) is 10.1 Å². The SMILES string of the molecule is COc1cc(C=Cc2cc(OC)c(OC)c(OC)c2)cc(NS(=O)(=O)c2ccc([N+](=O)[O-])cc2)c1O. The summed E-state index contributed by atoms with van der Waals surface area (Å²) >= 11 is 0. The summed E-state index contributed by atoms with van der Waals surface area (Å²) in [7, 11) is 1.65. The van der Waals surface area contributed by atoms with Crippen molar-refractivity contribution in [2.24, 2.45) is 0 Å². The van der Waals surface area contributed by atoms with Crippen LogP contribution >= 0.6 is 0 Å². The molecule has 0 aliphatic carbocycles. The maximum absolute atomic E-state index is 12.8. The summed E-state index contributed by atoms with van der Waals surface area (Å²) in [5.74, 6) is 0.954. The minimum absolute atomic E-state index is 0.0310. The number of phenolic OH excluding ortho intramolecular Hbond substituents is 1. The lowest BCUT2D eigenvalue weighted by atomic mass is 10.1. The number of rotatable bonds is 10. The van der Waals surface area contributed by atoms with E-state index in [0.29, 0.717) is 28.4 Å². The van der Waals surface area contributed by atoms with Crippen LogP contribution in [-0.4, -0.2) is 46.9 Å². The Morgan fingerprint density at radius 2 is 1.33 bits per heavy atom. The van der Waals surface area contributed by atoms with Crippen molar-refractivity contribution in [1.29, 1.82) is 0 Å². The highest BCUT2D eigenvalue weighted by Crippen LogP contribution is 2.40. The number of hydrogen-bond acceptors (Lipinski definition) is 9. The highest BCUT2D eigenvalue weighted by Gasteiger charge is 2.20. The number of methoxy groups -OCH3 is 4. The maximum Gasteiger partial charge on any atom is 0.269 e. The van der Waals surface area contributed by atoms with E-state index in [1.54, 1.807) is 24.3 Å². The highest BCUT2D eigenvalue weighted by molar-refractivity contribution is 7.92.